The van der Waals surface area contributed by atoms with Crippen molar-refractivity contribution in [3.8, 4) is 0 Å². The van der Waals surface area contributed by atoms with Crippen molar-refractivity contribution in [3.05, 3.63) is 0 Å². The normalized spacial score (nSPS) is 43.8. The van der Waals surface area contributed by atoms with Gasteiger partial charge in [0.05, 0.1) is 5.71 Å². The van der Waals surface area contributed by atoms with Gasteiger partial charge in [0.1, 0.15) is 0 Å². The van der Waals surface area contributed by atoms with E-state index in [4.69, 9.17) is 5.21 Å². The average molecular weight is 182 g/mol. The van der Waals surface area contributed by atoms with Crippen molar-refractivity contribution >= 4 is 5.71 Å². The highest BCUT2D eigenvalue weighted by Gasteiger charge is 2.36. The van der Waals surface area contributed by atoms with Crippen LogP contribution in [0.3, 0.4) is 0 Å². The van der Waals surface area contributed by atoms with Gasteiger partial charge in [0.2, 0.25) is 0 Å². The smallest absolute Gasteiger partial charge is 0.0589 e. The monoisotopic (exact) mass is 182 g/mol. The van der Waals surface area contributed by atoms with Gasteiger partial charge in [-0.2, -0.15) is 0 Å². The van der Waals surface area contributed by atoms with Gasteiger partial charge in [-0.15, -0.1) is 0 Å². The van der Waals surface area contributed by atoms with Crippen molar-refractivity contribution in [2.24, 2.45) is 17.0 Å². The third-order valence-corrected chi connectivity index (χ3v) is 3.58. The minimum absolute atomic E-state index is 0.602. The maximum atomic E-state index is 8.82. The molecule has 2 bridgehead atoms. The molecule has 0 radical (unpaired) electrons. The quantitative estimate of drug-likeness (QED) is 0.456. The molecule has 2 aliphatic heterocycles. The summed E-state index contributed by atoms with van der Waals surface area (Å²) < 4.78 is 0. The molecule has 3 nitrogen and oxygen atoms in total. The maximum absolute atomic E-state index is 8.82. The van der Waals surface area contributed by atoms with Crippen LogP contribution in [0.1, 0.15) is 26.2 Å². The lowest BCUT2D eigenvalue weighted by atomic mass is 9.86. The van der Waals surface area contributed by atoms with Crippen LogP contribution in [0.25, 0.3) is 0 Å². The van der Waals surface area contributed by atoms with E-state index < -0.39 is 0 Å². The fraction of sp³-hybridized carbons (Fsp3) is 0.900. The zero-order valence-electron chi connectivity index (χ0n) is 8.40. The molecule has 3 heteroatoms. The van der Waals surface area contributed by atoms with Crippen molar-refractivity contribution < 1.29 is 5.21 Å². The zero-order valence-corrected chi connectivity index (χ0v) is 8.40. The van der Waals surface area contributed by atoms with Gasteiger partial charge in [-0.1, -0.05) is 12.1 Å². The molecule has 1 aliphatic carbocycles. The second kappa shape index (κ2) is 3.29. The highest BCUT2D eigenvalue weighted by Crippen LogP contribution is 2.34. The first-order chi connectivity index (χ1) is 6.20. The summed E-state index contributed by atoms with van der Waals surface area (Å²) in [5, 5.41) is 12.2. The maximum Gasteiger partial charge on any atom is 0.0589 e. The van der Waals surface area contributed by atoms with Gasteiger partial charge in [-0.05, 0) is 31.7 Å². The fourth-order valence-corrected chi connectivity index (χ4v) is 2.98. The average Bonchev–Trinajstić information content (AvgIpc) is 2.32. The number of oxime groups is 1. The third kappa shape index (κ3) is 1.57. The minimum atomic E-state index is 0.602. The van der Waals surface area contributed by atoms with Crippen molar-refractivity contribution in [1.82, 2.24) is 4.90 Å². The summed E-state index contributed by atoms with van der Waals surface area (Å²) in [7, 11) is 2.19. The zero-order chi connectivity index (χ0) is 9.42. The summed E-state index contributed by atoms with van der Waals surface area (Å²) in [6.07, 6.45) is 3.26. The van der Waals surface area contributed by atoms with Crippen molar-refractivity contribution in [3.63, 3.8) is 0 Å². The van der Waals surface area contributed by atoms with Crippen LogP contribution in [-0.2, 0) is 0 Å². The van der Waals surface area contributed by atoms with Crippen LogP contribution >= 0.6 is 0 Å². The van der Waals surface area contributed by atoms with E-state index in [1.807, 2.05) is 0 Å². The Morgan fingerprint density at radius 1 is 1.46 bits per heavy atom. The van der Waals surface area contributed by atoms with Crippen LogP contribution in [0, 0.1) is 11.8 Å². The Hall–Kier alpha value is -0.570. The molecule has 0 aromatic heterocycles. The highest BCUT2D eigenvalue weighted by atomic mass is 16.4. The van der Waals surface area contributed by atoms with E-state index in [9.17, 15) is 0 Å². The molecule has 0 spiro atoms. The fourth-order valence-electron chi connectivity index (χ4n) is 2.98. The summed E-state index contributed by atoms with van der Waals surface area (Å²) in [6.45, 7) is 3.49. The summed E-state index contributed by atoms with van der Waals surface area (Å²) in [5.74, 6) is 1.47. The molecule has 3 rings (SSSR count). The van der Waals surface area contributed by atoms with Crippen molar-refractivity contribution in [2.75, 3.05) is 13.6 Å². The molecule has 0 aromatic rings. The largest absolute Gasteiger partial charge is 0.411 e. The molecule has 13 heavy (non-hydrogen) atoms. The van der Waals surface area contributed by atoms with Gasteiger partial charge in [0, 0.05) is 19.0 Å². The molecule has 3 atom stereocenters. The number of nitrogens with zero attached hydrogens (tertiary/aromatic N) is 2. The van der Waals surface area contributed by atoms with Crippen LogP contribution in [0.4, 0.5) is 0 Å². The number of piperidine rings is 1. The molecule has 2 heterocycles. The SMILES string of the molecule is C[C@H]1C[C@H]2C/C(=N/O)C[C@H]1N(C)C2. The Morgan fingerprint density at radius 3 is 2.85 bits per heavy atom. The van der Waals surface area contributed by atoms with Crippen LogP contribution in [0.15, 0.2) is 5.16 Å². The molecule has 2 saturated heterocycles. The van der Waals surface area contributed by atoms with E-state index >= 15 is 0 Å². The van der Waals surface area contributed by atoms with Crippen LogP contribution < -0.4 is 0 Å². The third-order valence-electron chi connectivity index (χ3n) is 3.58. The second-order valence-corrected chi connectivity index (χ2v) is 4.66. The minimum Gasteiger partial charge on any atom is -0.411 e. The lowest BCUT2D eigenvalue weighted by molar-refractivity contribution is 0.106. The lowest BCUT2D eigenvalue weighted by Gasteiger charge is -2.38. The molecule has 0 amide bonds. The Balaban J connectivity index is 2.21. The standard InChI is InChI=1S/C10H18N2O/c1-7-3-8-4-9(11-13)5-10(7)12(2)6-8/h7-8,10,13H,3-6H2,1-2H3/b11-9-/t7-,8-,10+/m0/s1. The van der Waals surface area contributed by atoms with Gasteiger partial charge in [-0.25, -0.2) is 0 Å². The molecular weight excluding hydrogens is 164 g/mol. The first-order valence-electron chi connectivity index (χ1n) is 5.10. The number of hydrogen-bond donors (Lipinski definition) is 1. The molecule has 3 fully saturated rings. The van der Waals surface area contributed by atoms with E-state index in [-0.39, 0.29) is 0 Å². The van der Waals surface area contributed by atoms with E-state index in [1.165, 1.54) is 13.0 Å². The predicted molar refractivity (Wildman–Crippen MR) is 52.1 cm³/mol. The topological polar surface area (TPSA) is 35.8 Å². The van der Waals surface area contributed by atoms with Gasteiger partial charge >= 0.3 is 0 Å². The first-order valence-corrected chi connectivity index (χ1v) is 5.10. The molecular formula is C10H18N2O. The van der Waals surface area contributed by atoms with E-state index in [1.54, 1.807) is 0 Å². The van der Waals surface area contributed by atoms with Gasteiger partial charge in [0.15, 0.2) is 0 Å². The second-order valence-electron chi connectivity index (χ2n) is 4.66. The van der Waals surface area contributed by atoms with Crippen LogP contribution in [0.2, 0.25) is 0 Å². The Bertz CT molecular complexity index is 215. The molecule has 0 aromatic carbocycles. The lowest BCUT2D eigenvalue weighted by Crippen LogP contribution is -2.43. The molecule has 3 aliphatic rings. The summed E-state index contributed by atoms with van der Waals surface area (Å²) >= 11 is 0. The number of hydrogen-bond acceptors (Lipinski definition) is 3. The van der Waals surface area contributed by atoms with Gasteiger partial charge in [0.25, 0.3) is 0 Å². The number of rotatable bonds is 0. The Labute approximate surface area is 79.4 Å². The molecule has 1 N–H and O–H groups in total. The first kappa shape index (κ1) is 9.00. The number of fused-ring (bicyclic) bond motifs is 4. The van der Waals surface area contributed by atoms with E-state index in [0.29, 0.717) is 12.0 Å². The molecule has 0 unspecified atom stereocenters. The summed E-state index contributed by atoms with van der Waals surface area (Å²) in [4.78, 5) is 2.43. The van der Waals surface area contributed by atoms with Gasteiger partial charge in [-0.3, -0.25) is 0 Å². The summed E-state index contributed by atoms with van der Waals surface area (Å²) in [6, 6.07) is 0.602. The van der Waals surface area contributed by atoms with Crippen molar-refractivity contribution in [1.29, 1.82) is 0 Å². The Morgan fingerprint density at radius 2 is 2.23 bits per heavy atom. The van der Waals surface area contributed by atoms with Crippen LogP contribution in [-0.4, -0.2) is 35.5 Å². The summed E-state index contributed by atoms with van der Waals surface area (Å²) in [5.41, 5.74) is 1.00. The molecule has 1 saturated carbocycles. The predicted octanol–water partition coefficient (Wildman–Crippen LogP) is 1.57. The van der Waals surface area contributed by atoms with E-state index in [2.05, 4.69) is 24.0 Å². The highest BCUT2D eigenvalue weighted by molar-refractivity contribution is 5.85. The van der Waals surface area contributed by atoms with E-state index in [0.717, 1.165) is 24.5 Å². The van der Waals surface area contributed by atoms with Crippen molar-refractivity contribution in [2.45, 2.75) is 32.2 Å². The Kier molecular flexibility index (Phi) is 2.28. The van der Waals surface area contributed by atoms with Crippen LogP contribution in [0.5, 0.6) is 0 Å². The van der Waals surface area contributed by atoms with Gasteiger partial charge < -0.3 is 10.1 Å². The molecule has 74 valence electrons.